The van der Waals surface area contributed by atoms with Crippen LogP contribution in [0.4, 0.5) is 0 Å². The minimum absolute atomic E-state index is 0.100. The molecule has 1 aromatic rings. The van der Waals surface area contributed by atoms with Crippen LogP contribution in [0.3, 0.4) is 0 Å². The van der Waals surface area contributed by atoms with Crippen LogP contribution in [0.1, 0.15) is 43.2 Å². The minimum atomic E-state index is -0.169. The molecular formula is C20H23N3O3. The maximum absolute atomic E-state index is 12.4. The Morgan fingerprint density at radius 2 is 1.88 bits per heavy atom. The summed E-state index contributed by atoms with van der Waals surface area (Å²) < 4.78 is 0. The normalized spacial score (nSPS) is 22.1. The standard InChI is InChI=1S/C20H23N3O3/c1-22(13-15-6-4-5-14(11-15)12-21)18(24)9-10-23-19(25)16-7-2-3-8-17(16)20(23)26/h4-6,11,16-17H,2-3,7-10,13H2,1H3. The number of carbonyl (C=O) groups is 3. The molecule has 136 valence electrons. The van der Waals surface area contributed by atoms with E-state index >= 15 is 0 Å². The van der Waals surface area contributed by atoms with Crippen molar-refractivity contribution in [2.45, 2.75) is 38.6 Å². The predicted molar refractivity (Wildman–Crippen MR) is 94.4 cm³/mol. The molecule has 0 spiro atoms. The summed E-state index contributed by atoms with van der Waals surface area (Å²) in [5, 5.41) is 8.95. The van der Waals surface area contributed by atoms with Crippen LogP contribution in [0.5, 0.6) is 0 Å². The number of likely N-dealkylation sites (tertiary alicyclic amines) is 1. The number of amides is 3. The molecule has 3 rings (SSSR count). The first-order valence-electron chi connectivity index (χ1n) is 9.09. The quantitative estimate of drug-likeness (QED) is 0.759. The first-order valence-corrected chi connectivity index (χ1v) is 9.09. The Balaban J connectivity index is 1.55. The number of rotatable bonds is 5. The van der Waals surface area contributed by atoms with Crippen molar-refractivity contribution in [1.29, 1.82) is 5.26 Å². The Morgan fingerprint density at radius 3 is 2.50 bits per heavy atom. The molecule has 6 nitrogen and oxygen atoms in total. The average molecular weight is 353 g/mol. The van der Waals surface area contributed by atoms with E-state index in [2.05, 4.69) is 6.07 Å². The van der Waals surface area contributed by atoms with Gasteiger partial charge >= 0.3 is 0 Å². The Bertz CT molecular complexity index is 744. The smallest absolute Gasteiger partial charge is 0.233 e. The fourth-order valence-corrected chi connectivity index (χ4v) is 3.95. The monoisotopic (exact) mass is 353 g/mol. The third kappa shape index (κ3) is 3.62. The molecule has 6 heteroatoms. The van der Waals surface area contributed by atoms with Gasteiger partial charge in [-0.05, 0) is 30.5 Å². The molecule has 0 N–H and O–H groups in total. The molecule has 2 unspecified atom stereocenters. The second-order valence-electron chi connectivity index (χ2n) is 7.14. The lowest BCUT2D eigenvalue weighted by Crippen LogP contribution is -2.36. The van der Waals surface area contributed by atoms with Crippen molar-refractivity contribution >= 4 is 17.7 Å². The van der Waals surface area contributed by atoms with Crippen LogP contribution >= 0.6 is 0 Å². The number of nitriles is 1. The summed E-state index contributed by atoms with van der Waals surface area (Å²) in [5.41, 5.74) is 1.43. The second-order valence-corrected chi connectivity index (χ2v) is 7.14. The highest BCUT2D eigenvalue weighted by Crippen LogP contribution is 2.37. The second kappa shape index (κ2) is 7.69. The van der Waals surface area contributed by atoms with E-state index in [9.17, 15) is 14.4 Å². The molecule has 1 saturated carbocycles. The van der Waals surface area contributed by atoms with Crippen LogP contribution in [0.25, 0.3) is 0 Å². The van der Waals surface area contributed by atoms with E-state index in [1.807, 2.05) is 6.07 Å². The number of benzene rings is 1. The van der Waals surface area contributed by atoms with Crippen molar-refractivity contribution in [1.82, 2.24) is 9.80 Å². The van der Waals surface area contributed by atoms with E-state index in [1.165, 1.54) is 4.90 Å². The van der Waals surface area contributed by atoms with E-state index in [1.54, 1.807) is 30.1 Å². The SMILES string of the molecule is CN(Cc1cccc(C#N)c1)C(=O)CCN1C(=O)C2CCCCC2C1=O. The van der Waals surface area contributed by atoms with Crippen LogP contribution in [0, 0.1) is 23.2 Å². The van der Waals surface area contributed by atoms with E-state index in [0.717, 1.165) is 31.2 Å². The maximum Gasteiger partial charge on any atom is 0.233 e. The van der Waals surface area contributed by atoms with Gasteiger partial charge < -0.3 is 4.90 Å². The molecule has 1 aliphatic heterocycles. The molecule has 2 aliphatic rings. The van der Waals surface area contributed by atoms with Crippen molar-refractivity contribution in [3.8, 4) is 6.07 Å². The van der Waals surface area contributed by atoms with Gasteiger partial charge in [-0.2, -0.15) is 5.26 Å². The minimum Gasteiger partial charge on any atom is -0.341 e. The molecule has 0 radical (unpaired) electrons. The Morgan fingerprint density at radius 1 is 1.23 bits per heavy atom. The van der Waals surface area contributed by atoms with E-state index < -0.39 is 0 Å². The summed E-state index contributed by atoms with van der Waals surface area (Å²) >= 11 is 0. The molecule has 1 aliphatic carbocycles. The van der Waals surface area contributed by atoms with Gasteiger partial charge in [0.1, 0.15) is 0 Å². The summed E-state index contributed by atoms with van der Waals surface area (Å²) in [7, 11) is 1.69. The maximum atomic E-state index is 12.4. The van der Waals surface area contributed by atoms with Crippen molar-refractivity contribution in [3.63, 3.8) is 0 Å². The summed E-state index contributed by atoms with van der Waals surface area (Å²) in [6, 6.07) is 9.20. The Kier molecular flexibility index (Phi) is 5.36. The fourth-order valence-electron chi connectivity index (χ4n) is 3.95. The van der Waals surface area contributed by atoms with Crippen LogP contribution < -0.4 is 0 Å². The lowest BCUT2D eigenvalue weighted by atomic mass is 9.81. The number of imide groups is 1. The molecule has 2 fully saturated rings. The van der Waals surface area contributed by atoms with Crippen LogP contribution in [-0.2, 0) is 20.9 Å². The molecule has 0 bridgehead atoms. The van der Waals surface area contributed by atoms with E-state index in [-0.39, 0.29) is 42.5 Å². The van der Waals surface area contributed by atoms with Gasteiger partial charge in [0.25, 0.3) is 0 Å². The lowest BCUT2D eigenvalue weighted by molar-refractivity contribution is -0.140. The zero-order valence-corrected chi connectivity index (χ0v) is 15.0. The highest BCUT2D eigenvalue weighted by atomic mass is 16.2. The number of hydrogen-bond acceptors (Lipinski definition) is 4. The van der Waals surface area contributed by atoms with Gasteiger partial charge in [-0.25, -0.2) is 0 Å². The zero-order valence-electron chi connectivity index (χ0n) is 15.0. The number of hydrogen-bond donors (Lipinski definition) is 0. The van der Waals surface area contributed by atoms with Crippen LogP contribution in [0.15, 0.2) is 24.3 Å². The fraction of sp³-hybridized carbons (Fsp3) is 0.500. The Labute approximate surface area is 153 Å². The first kappa shape index (κ1) is 18.1. The van der Waals surface area contributed by atoms with Crippen molar-refractivity contribution < 1.29 is 14.4 Å². The molecule has 1 heterocycles. The molecule has 0 aromatic heterocycles. The van der Waals surface area contributed by atoms with Crippen molar-refractivity contribution in [2.24, 2.45) is 11.8 Å². The molecule has 1 aromatic carbocycles. The van der Waals surface area contributed by atoms with Gasteiger partial charge in [-0.15, -0.1) is 0 Å². The van der Waals surface area contributed by atoms with Gasteiger partial charge in [-0.3, -0.25) is 19.3 Å². The highest BCUT2D eigenvalue weighted by Gasteiger charge is 2.47. The molecular weight excluding hydrogens is 330 g/mol. The van der Waals surface area contributed by atoms with E-state index in [4.69, 9.17) is 5.26 Å². The van der Waals surface area contributed by atoms with Crippen molar-refractivity contribution in [2.75, 3.05) is 13.6 Å². The molecule has 26 heavy (non-hydrogen) atoms. The van der Waals surface area contributed by atoms with Gasteiger partial charge in [-0.1, -0.05) is 25.0 Å². The summed E-state index contributed by atoms with van der Waals surface area (Å²) in [6.45, 7) is 0.549. The zero-order chi connectivity index (χ0) is 18.7. The van der Waals surface area contributed by atoms with Crippen LogP contribution in [-0.4, -0.2) is 41.1 Å². The highest BCUT2D eigenvalue weighted by molar-refractivity contribution is 6.05. The molecule has 1 saturated heterocycles. The van der Waals surface area contributed by atoms with Gasteiger partial charge in [0.05, 0.1) is 23.5 Å². The van der Waals surface area contributed by atoms with E-state index in [0.29, 0.717) is 12.1 Å². The number of nitrogens with zero attached hydrogens (tertiary/aromatic N) is 3. The number of carbonyl (C=O) groups excluding carboxylic acids is 3. The number of fused-ring (bicyclic) bond motifs is 1. The summed E-state index contributed by atoms with van der Waals surface area (Å²) in [5.74, 6) is -0.660. The third-order valence-electron chi connectivity index (χ3n) is 5.38. The third-order valence-corrected chi connectivity index (χ3v) is 5.38. The Hall–Kier alpha value is -2.68. The average Bonchev–Trinajstić information content (AvgIpc) is 2.90. The van der Waals surface area contributed by atoms with Gasteiger partial charge in [0.15, 0.2) is 0 Å². The summed E-state index contributed by atoms with van der Waals surface area (Å²) in [6.07, 6.45) is 3.70. The summed E-state index contributed by atoms with van der Waals surface area (Å²) in [4.78, 5) is 40.1. The predicted octanol–water partition coefficient (Wildman–Crippen LogP) is 2.08. The molecule has 2 atom stereocenters. The molecule has 3 amide bonds. The largest absolute Gasteiger partial charge is 0.341 e. The van der Waals surface area contributed by atoms with Crippen LogP contribution in [0.2, 0.25) is 0 Å². The van der Waals surface area contributed by atoms with Gasteiger partial charge in [0, 0.05) is 26.6 Å². The van der Waals surface area contributed by atoms with Gasteiger partial charge in [0.2, 0.25) is 17.7 Å². The van der Waals surface area contributed by atoms with Crippen molar-refractivity contribution in [3.05, 3.63) is 35.4 Å². The lowest BCUT2D eigenvalue weighted by Gasteiger charge is -2.20. The topological polar surface area (TPSA) is 81.5 Å². The first-order chi connectivity index (χ1) is 12.5.